The number of amides is 1. The molecule has 1 amide bonds. The molecule has 3 rings (SSSR count). The van der Waals surface area contributed by atoms with E-state index in [9.17, 15) is 4.79 Å². The summed E-state index contributed by atoms with van der Waals surface area (Å²) in [6, 6.07) is 15.9. The molecule has 1 aromatic heterocycles. The Kier molecular flexibility index (Phi) is 6.42. The highest BCUT2D eigenvalue weighted by Crippen LogP contribution is 2.30. The molecular weight excluding hydrogens is 378 g/mol. The Balaban J connectivity index is 1.82. The van der Waals surface area contributed by atoms with E-state index in [1.165, 1.54) is 4.88 Å². The van der Waals surface area contributed by atoms with Gasteiger partial charge in [0.2, 0.25) is 0 Å². The number of thiophene rings is 1. The van der Waals surface area contributed by atoms with Crippen LogP contribution in [0.2, 0.25) is 0 Å². The van der Waals surface area contributed by atoms with Crippen LogP contribution in [0.4, 0.5) is 5.69 Å². The van der Waals surface area contributed by atoms with Gasteiger partial charge in [0.15, 0.2) is 0 Å². The fourth-order valence-electron chi connectivity index (χ4n) is 3.23. The number of hydrogen-bond acceptors (Lipinski definition) is 4. The minimum atomic E-state index is -0.144. The maximum Gasteiger partial charge on any atom is 0.252 e. The van der Waals surface area contributed by atoms with Gasteiger partial charge in [-0.3, -0.25) is 9.79 Å². The molecule has 29 heavy (non-hydrogen) atoms. The topological polar surface area (TPSA) is 67.5 Å². The zero-order valence-electron chi connectivity index (χ0n) is 16.7. The maximum atomic E-state index is 12.9. The average molecular weight is 404 g/mol. The number of nitrogens with two attached hydrogens (primary N) is 1. The molecule has 0 saturated heterocycles. The summed E-state index contributed by atoms with van der Waals surface area (Å²) < 4.78 is 0. The molecule has 1 atom stereocenters. The molecular formula is C24H25N3OS. The summed E-state index contributed by atoms with van der Waals surface area (Å²) in [4.78, 5) is 19.2. The van der Waals surface area contributed by atoms with Crippen molar-refractivity contribution in [1.82, 2.24) is 5.32 Å². The Labute approximate surface area is 175 Å². The summed E-state index contributed by atoms with van der Waals surface area (Å²) in [5, 5.41) is 3.09. The molecule has 0 spiro atoms. The normalized spacial score (nSPS) is 11.7. The minimum Gasteiger partial charge on any atom is -0.346 e. The highest BCUT2D eigenvalue weighted by molar-refractivity contribution is 7.15. The third kappa shape index (κ3) is 4.53. The van der Waals surface area contributed by atoms with Crippen LogP contribution in [0.3, 0.4) is 0 Å². The summed E-state index contributed by atoms with van der Waals surface area (Å²) in [6.07, 6.45) is 1.72. The number of carbonyl (C=O) groups excluding carboxylic acids is 1. The molecule has 5 heteroatoms. The average Bonchev–Trinajstić information content (AvgIpc) is 3.22. The van der Waals surface area contributed by atoms with E-state index in [0.717, 1.165) is 27.1 Å². The van der Waals surface area contributed by atoms with E-state index in [1.54, 1.807) is 23.5 Å². The number of aryl methyl sites for hydroxylation is 1. The summed E-state index contributed by atoms with van der Waals surface area (Å²) in [6.45, 7) is 11.8. The van der Waals surface area contributed by atoms with Crippen LogP contribution in [0.5, 0.6) is 0 Å². The van der Waals surface area contributed by atoms with Crippen molar-refractivity contribution < 1.29 is 4.79 Å². The van der Waals surface area contributed by atoms with Crippen LogP contribution >= 0.6 is 11.3 Å². The Morgan fingerprint density at radius 2 is 2.07 bits per heavy atom. The summed E-state index contributed by atoms with van der Waals surface area (Å²) in [5.41, 5.74) is 10.9. The lowest BCUT2D eigenvalue weighted by Gasteiger charge is -2.17. The molecule has 0 fully saturated rings. The molecule has 3 N–H and O–H groups in total. The first-order valence-electron chi connectivity index (χ1n) is 9.40. The minimum absolute atomic E-state index is 0.137. The van der Waals surface area contributed by atoms with Gasteiger partial charge in [-0.15, -0.1) is 11.3 Å². The van der Waals surface area contributed by atoms with E-state index in [-0.39, 0.29) is 11.9 Å². The van der Waals surface area contributed by atoms with Crippen LogP contribution in [-0.2, 0) is 6.54 Å². The molecule has 3 aromatic rings. The van der Waals surface area contributed by atoms with Crippen LogP contribution in [0.15, 0.2) is 60.1 Å². The summed E-state index contributed by atoms with van der Waals surface area (Å²) >= 11 is 1.69. The standard InChI is InChI=1S/C24H25N3OS/c1-5-17-11-15(2)21(13-22(17)26-4)24(28)27-16(3)18-7-6-8-19(12-18)23-10-9-20(14-25)29-23/h5-13,16H,1,4,14,25H2,2-3H3,(H,27,28). The lowest BCUT2D eigenvalue weighted by Crippen LogP contribution is -2.27. The molecule has 0 radical (unpaired) electrons. The van der Waals surface area contributed by atoms with Crippen molar-refractivity contribution >= 4 is 35.7 Å². The van der Waals surface area contributed by atoms with E-state index >= 15 is 0 Å². The predicted octanol–water partition coefficient (Wildman–Crippen LogP) is 5.65. The first kappa shape index (κ1) is 20.7. The molecule has 1 heterocycles. The van der Waals surface area contributed by atoms with Gasteiger partial charge in [0.25, 0.3) is 5.91 Å². The molecule has 0 aliphatic rings. The van der Waals surface area contributed by atoms with Crippen molar-refractivity contribution in [3.8, 4) is 10.4 Å². The third-order valence-corrected chi connectivity index (χ3v) is 6.05. The van der Waals surface area contributed by atoms with E-state index in [0.29, 0.717) is 17.8 Å². The van der Waals surface area contributed by atoms with Gasteiger partial charge in [0, 0.05) is 21.9 Å². The van der Waals surface area contributed by atoms with E-state index in [4.69, 9.17) is 5.73 Å². The van der Waals surface area contributed by atoms with Gasteiger partial charge >= 0.3 is 0 Å². The van der Waals surface area contributed by atoms with Gasteiger partial charge in [-0.1, -0.05) is 30.9 Å². The number of carbonyl (C=O) groups is 1. The van der Waals surface area contributed by atoms with E-state index < -0.39 is 0 Å². The Morgan fingerprint density at radius 3 is 2.72 bits per heavy atom. The zero-order valence-corrected chi connectivity index (χ0v) is 17.6. The first-order chi connectivity index (χ1) is 14.0. The van der Waals surface area contributed by atoms with Crippen LogP contribution < -0.4 is 11.1 Å². The fourth-order valence-corrected chi connectivity index (χ4v) is 4.11. The smallest absolute Gasteiger partial charge is 0.252 e. The van der Waals surface area contributed by atoms with E-state index in [2.05, 4.69) is 47.9 Å². The fraction of sp³-hybridized carbons (Fsp3) is 0.167. The molecule has 2 aromatic carbocycles. The van der Waals surface area contributed by atoms with Gasteiger partial charge in [0.1, 0.15) is 0 Å². The van der Waals surface area contributed by atoms with Crippen LogP contribution in [0, 0.1) is 6.92 Å². The number of nitrogens with zero attached hydrogens (tertiary/aromatic N) is 1. The molecule has 148 valence electrons. The number of nitrogens with one attached hydrogen (secondary N) is 1. The first-order valence-corrected chi connectivity index (χ1v) is 10.2. The van der Waals surface area contributed by atoms with Gasteiger partial charge in [-0.05, 0) is 73.2 Å². The third-order valence-electron chi connectivity index (χ3n) is 4.89. The predicted molar refractivity (Wildman–Crippen MR) is 124 cm³/mol. The molecule has 0 aliphatic carbocycles. The van der Waals surface area contributed by atoms with Gasteiger partial charge < -0.3 is 11.1 Å². The van der Waals surface area contributed by atoms with Crippen molar-refractivity contribution in [2.45, 2.75) is 26.4 Å². The van der Waals surface area contributed by atoms with Gasteiger partial charge in [-0.2, -0.15) is 0 Å². The van der Waals surface area contributed by atoms with Crippen molar-refractivity contribution in [2.24, 2.45) is 10.7 Å². The van der Waals surface area contributed by atoms with Crippen LogP contribution in [0.1, 0.15) is 44.9 Å². The maximum absolute atomic E-state index is 12.9. The molecule has 0 saturated carbocycles. The number of rotatable bonds is 7. The largest absolute Gasteiger partial charge is 0.346 e. The monoisotopic (exact) mass is 403 g/mol. The number of hydrogen-bond donors (Lipinski definition) is 2. The van der Waals surface area contributed by atoms with Crippen LogP contribution in [-0.4, -0.2) is 12.6 Å². The highest BCUT2D eigenvalue weighted by Gasteiger charge is 2.16. The summed E-state index contributed by atoms with van der Waals surface area (Å²) in [5.74, 6) is -0.137. The Hall–Kier alpha value is -3.02. The lowest BCUT2D eigenvalue weighted by molar-refractivity contribution is 0.0939. The lowest BCUT2D eigenvalue weighted by atomic mass is 10.0. The van der Waals surface area contributed by atoms with Crippen molar-refractivity contribution in [3.05, 3.63) is 82.2 Å². The molecule has 1 unspecified atom stereocenters. The molecule has 4 nitrogen and oxygen atoms in total. The van der Waals surface area contributed by atoms with Crippen molar-refractivity contribution in [2.75, 3.05) is 0 Å². The van der Waals surface area contributed by atoms with Crippen molar-refractivity contribution in [3.63, 3.8) is 0 Å². The second-order valence-electron chi connectivity index (χ2n) is 6.88. The molecule has 0 aliphatic heterocycles. The Bertz CT molecular complexity index is 1070. The molecule has 0 bridgehead atoms. The SMILES string of the molecule is C=Cc1cc(C)c(C(=O)NC(C)c2cccc(-c3ccc(CN)s3)c2)cc1N=C. The Morgan fingerprint density at radius 1 is 1.28 bits per heavy atom. The van der Waals surface area contributed by atoms with E-state index in [1.807, 2.05) is 32.0 Å². The van der Waals surface area contributed by atoms with Crippen molar-refractivity contribution in [1.29, 1.82) is 0 Å². The number of aliphatic imine (C=N–C) groups is 1. The number of benzene rings is 2. The second-order valence-corrected chi connectivity index (χ2v) is 8.05. The second kappa shape index (κ2) is 8.99. The van der Waals surface area contributed by atoms with Gasteiger partial charge in [0.05, 0.1) is 11.7 Å². The highest BCUT2D eigenvalue weighted by atomic mass is 32.1. The van der Waals surface area contributed by atoms with Gasteiger partial charge in [-0.25, -0.2) is 0 Å². The van der Waals surface area contributed by atoms with Crippen LogP contribution in [0.25, 0.3) is 16.5 Å². The quantitative estimate of drug-likeness (QED) is 0.501. The summed E-state index contributed by atoms with van der Waals surface area (Å²) in [7, 11) is 0. The zero-order chi connectivity index (χ0) is 21.0.